The molecule has 2 fully saturated rings. The molecule has 1 unspecified atom stereocenters. The van der Waals surface area contributed by atoms with Gasteiger partial charge in [0.15, 0.2) is 0 Å². The maximum Gasteiger partial charge on any atom is 0.256 e. The Bertz CT molecular complexity index is 660. The minimum Gasteiger partial charge on any atom is -0.339 e. The molecule has 0 aliphatic carbocycles. The number of benzene rings is 1. The number of nitrogens with zero attached hydrogens (tertiary/aromatic N) is 2. The van der Waals surface area contributed by atoms with Crippen molar-refractivity contribution >= 4 is 11.8 Å². The van der Waals surface area contributed by atoms with E-state index in [9.17, 15) is 18.4 Å². The zero-order valence-electron chi connectivity index (χ0n) is 14.1. The molecule has 0 spiro atoms. The second kappa shape index (κ2) is 7.47. The summed E-state index contributed by atoms with van der Waals surface area (Å²) in [5.74, 6) is -2.02. The third kappa shape index (κ3) is 3.66. The number of hydrogen-bond donors (Lipinski definition) is 1. The van der Waals surface area contributed by atoms with Gasteiger partial charge >= 0.3 is 0 Å². The van der Waals surface area contributed by atoms with Gasteiger partial charge in [0.05, 0.1) is 5.56 Å². The van der Waals surface area contributed by atoms with Crippen molar-refractivity contribution in [3.63, 3.8) is 0 Å². The van der Waals surface area contributed by atoms with Crippen LogP contribution in [0.15, 0.2) is 18.2 Å². The van der Waals surface area contributed by atoms with Crippen molar-refractivity contribution in [2.24, 2.45) is 11.7 Å². The molecule has 5 nitrogen and oxygen atoms in total. The van der Waals surface area contributed by atoms with Crippen molar-refractivity contribution < 1.29 is 18.4 Å². The summed E-state index contributed by atoms with van der Waals surface area (Å²) in [5, 5.41) is 0. The zero-order valence-corrected chi connectivity index (χ0v) is 14.1. The number of amides is 2. The van der Waals surface area contributed by atoms with Crippen LogP contribution in [0.4, 0.5) is 8.78 Å². The Balaban J connectivity index is 1.60. The molecule has 0 bridgehead atoms. The lowest BCUT2D eigenvalue weighted by Crippen LogP contribution is -2.47. The van der Waals surface area contributed by atoms with Crippen LogP contribution in [0.25, 0.3) is 0 Å². The molecule has 1 aromatic rings. The summed E-state index contributed by atoms with van der Waals surface area (Å²) in [6.07, 6.45) is 3.04. The number of halogens is 2. The van der Waals surface area contributed by atoms with Gasteiger partial charge in [0.2, 0.25) is 5.91 Å². The Morgan fingerprint density at radius 3 is 2.48 bits per heavy atom. The number of carbonyl (C=O) groups excluding carboxylic acids is 2. The average molecular weight is 351 g/mol. The van der Waals surface area contributed by atoms with E-state index < -0.39 is 17.5 Å². The first-order chi connectivity index (χ1) is 12.0. The van der Waals surface area contributed by atoms with E-state index in [4.69, 9.17) is 5.73 Å². The lowest BCUT2D eigenvalue weighted by molar-refractivity contribution is -0.137. The molecule has 7 heteroatoms. The summed E-state index contributed by atoms with van der Waals surface area (Å²) >= 11 is 0. The number of carbonyl (C=O) groups is 2. The fourth-order valence-corrected chi connectivity index (χ4v) is 3.77. The second-order valence-electron chi connectivity index (χ2n) is 6.75. The molecule has 2 heterocycles. The van der Waals surface area contributed by atoms with Crippen molar-refractivity contribution in [3.8, 4) is 0 Å². The maximum absolute atomic E-state index is 13.8. The minimum absolute atomic E-state index is 0.116. The molecule has 2 N–H and O–H groups in total. The Hall–Kier alpha value is -2.02. The highest BCUT2D eigenvalue weighted by atomic mass is 19.1. The highest BCUT2D eigenvalue weighted by Crippen LogP contribution is 2.26. The number of nitrogens with two attached hydrogens (primary N) is 1. The monoisotopic (exact) mass is 351 g/mol. The van der Waals surface area contributed by atoms with E-state index in [0.717, 1.165) is 25.5 Å². The van der Waals surface area contributed by atoms with Crippen LogP contribution in [-0.2, 0) is 4.79 Å². The Kier molecular flexibility index (Phi) is 5.32. The SMILES string of the molecule is NCC1CCCN1C(=O)C1CCN(C(=O)c2ccc(F)cc2F)CC1. The molecule has 0 radical (unpaired) electrons. The third-order valence-electron chi connectivity index (χ3n) is 5.23. The summed E-state index contributed by atoms with van der Waals surface area (Å²) in [7, 11) is 0. The predicted molar refractivity (Wildman–Crippen MR) is 88.8 cm³/mol. The standard InChI is InChI=1S/C18H23F2N3O2/c19-13-3-4-15(16(20)10-13)18(25)22-8-5-12(6-9-22)17(24)23-7-1-2-14(23)11-21/h3-4,10,12,14H,1-2,5-9,11,21H2. The Morgan fingerprint density at radius 1 is 1.12 bits per heavy atom. The van der Waals surface area contributed by atoms with E-state index in [1.165, 1.54) is 11.0 Å². The van der Waals surface area contributed by atoms with Crippen LogP contribution in [0.5, 0.6) is 0 Å². The molecule has 2 saturated heterocycles. The van der Waals surface area contributed by atoms with Gasteiger partial charge in [-0.15, -0.1) is 0 Å². The number of likely N-dealkylation sites (tertiary alicyclic amines) is 2. The van der Waals surface area contributed by atoms with E-state index in [0.29, 0.717) is 38.5 Å². The van der Waals surface area contributed by atoms with E-state index in [-0.39, 0.29) is 23.4 Å². The molecule has 2 aliphatic heterocycles. The topological polar surface area (TPSA) is 66.6 Å². The molecule has 25 heavy (non-hydrogen) atoms. The second-order valence-corrected chi connectivity index (χ2v) is 6.75. The first kappa shape index (κ1) is 17.8. The summed E-state index contributed by atoms with van der Waals surface area (Å²) in [4.78, 5) is 28.5. The van der Waals surface area contributed by atoms with E-state index in [2.05, 4.69) is 0 Å². The molecule has 0 aromatic heterocycles. The fourth-order valence-electron chi connectivity index (χ4n) is 3.77. The highest BCUT2D eigenvalue weighted by molar-refractivity contribution is 5.94. The molecule has 1 aromatic carbocycles. The first-order valence-electron chi connectivity index (χ1n) is 8.76. The van der Waals surface area contributed by atoms with Crippen LogP contribution in [0, 0.1) is 17.6 Å². The van der Waals surface area contributed by atoms with E-state index in [1.807, 2.05) is 4.90 Å². The molecule has 1 atom stereocenters. The van der Waals surface area contributed by atoms with Gasteiger partial charge in [0.1, 0.15) is 11.6 Å². The Morgan fingerprint density at radius 2 is 1.84 bits per heavy atom. The highest BCUT2D eigenvalue weighted by Gasteiger charge is 2.35. The van der Waals surface area contributed by atoms with Gasteiger partial charge in [0.25, 0.3) is 5.91 Å². The van der Waals surface area contributed by atoms with Crippen LogP contribution in [0.1, 0.15) is 36.0 Å². The van der Waals surface area contributed by atoms with Gasteiger partial charge < -0.3 is 15.5 Å². The fraction of sp³-hybridized carbons (Fsp3) is 0.556. The van der Waals surface area contributed by atoms with Crippen LogP contribution in [0.3, 0.4) is 0 Å². The summed E-state index contributed by atoms with van der Waals surface area (Å²) in [5.41, 5.74) is 5.60. The van der Waals surface area contributed by atoms with Gasteiger partial charge in [-0.3, -0.25) is 9.59 Å². The minimum atomic E-state index is -0.856. The number of hydrogen-bond acceptors (Lipinski definition) is 3. The molecule has 0 saturated carbocycles. The van der Waals surface area contributed by atoms with E-state index in [1.54, 1.807) is 0 Å². The van der Waals surface area contributed by atoms with Crippen molar-refractivity contribution in [2.75, 3.05) is 26.2 Å². The number of rotatable bonds is 3. The van der Waals surface area contributed by atoms with Crippen LogP contribution in [0.2, 0.25) is 0 Å². The van der Waals surface area contributed by atoms with Gasteiger partial charge in [-0.1, -0.05) is 0 Å². The molecule has 3 rings (SSSR count). The molecular formula is C18H23F2N3O2. The lowest BCUT2D eigenvalue weighted by Gasteiger charge is -2.34. The number of piperidine rings is 1. The summed E-state index contributed by atoms with van der Waals surface area (Å²) < 4.78 is 26.8. The van der Waals surface area contributed by atoms with Crippen molar-refractivity contribution in [1.82, 2.24) is 9.80 Å². The third-order valence-corrected chi connectivity index (χ3v) is 5.23. The van der Waals surface area contributed by atoms with Gasteiger partial charge in [-0.05, 0) is 37.8 Å². The van der Waals surface area contributed by atoms with Crippen molar-refractivity contribution in [3.05, 3.63) is 35.4 Å². The van der Waals surface area contributed by atoms with Crippen molar-refractivity contribution in [2.45, 2.75) is 31.7 Å². The summed E-state index contributed by atoms with van der Waals surface area (Å²) in [6.45, 7) is 2.02. The predicted octanol–water partition coefficient (Wildman–Crippen LogP) is 1.77. The molecule has 2 aliphatic rings. The molecule has 2 amide bonds. The first-order valence-corrected chi connectivity index (χ1v) is 8.76. The van der Waals surface area contributed by atoms with Crippen molar-refractivity contribution in [1.29, 1.82) is 0 Å². The van der Waals surface area contributed by atoms with Gasteiger partial charge in [-0.2, -0.15) is 0 Å². The van der Waals surface area contributed by atoms with Gasteiger partial charge in [0, 0.05) is 44.2 Å². The molecule has 136 valence electrons. The maximum atomic E-state index is 13.8. The van der Waals surface area contributed by atoms with E-state index >= 15 is 0 Å². The largest absolute Gasteiger partial charge is 0.339 e. The summed E-state index contributed by atoms with van der Waals surface area (Å²) in [6, 6.07) is 3.08. The smallest absolute Gasteiger partial charge is 0.256 e. The van der Waals surface area contributed by atoms with Crippen LogP contribution < -0.4 is 5.73 Å². The lowest BCUT2D eigenvalue weighted by atomic mass is 9.94. The Labute approximate surface area is 145 Å². The van der Waals surface area contributed by atoms with Crippen LogP contribution in [-0.4, -0.2) is 53.8 Å². The van der Waals surface area contributed by atoms with Crippen LogP contribution >= 0.6 is 0 Å². The quantitative estimate of drug-likeness (QED) is 0.902. The zero-order chi connectivity index (χ0) is 18.0. The normalized spacial score (nSPS) is 21.6. The van der Waals surface area contributed by atoms with Gasteiger partial charge in [-0.25, -0.2) is 8.78 Å². The molecular weight excluding hydrogens is 328 g/mol. The average Bonchev–Trinajstić information content (AvgIpc) is 3.09.